The number of Topliss-reactive ketones (excluding diaryl/α,β-unsaturated/α-hetero) is 1. The van der Waals surface area contributed by atoms with Crippen molar-refractivity contribution in [3.63, 3.8) is 0 Å². The Morgan fingerprint density at radius 2 is 1.50 bits per heavy atom. The molecule has 3 aromatic carbocycles. The van der Waals surface area contributed by atoms with Crippen molar-refractivity contribution in [2.45, 2.75) is 5.25 Å². The van der Waals surface area contributed by atoms with Gasteiger partial charge in [-0.1, -0.05) is 60.7 Å². The SMILES string of the molecule is COc1ccc(C=NCC(=O)CSC(c2ccccc2)c2ccccc2)cc1OC. The number of carbonyl (C=O) groups is 1. The Balaban J connectivity index is 1.60. The fourth-order valence-corrected chi connectivity index (χ4v) is 4.19. The van der Waals surface area contributed by atoms with Gasteiger partial charge in [-0.25, -0.2) is 0 Å². The fourth-order valence-electron chi connectivity index (χ4n) is 3.05. The fraction of sp³-hybridized carbons (Fsp3) is 0.200. The van der Waals surface area contributed by atoms with E-state index in [9.17, 15) is 4.79 Å². The lowest BCUT2D eigenvalue weighted by Crippen LogP contribution is -2.08. The van der Waals surface area contributed by atoms with Gasteiger partial charge in [0.2, 0.25) is 0 Å². The quantitative estimate of drug-likeness (QED) is 0.423. The average Bonchev–Trinajstić information content (AvgIpc) is 2.80. The predicted molar refractivity (Wildman–Crippen MR) is 124 cm³/mol. The molecular weight excluding hydrogens is 394 g/mol. The van der Waals surface area contributed by atoms with Gasteiger partial charge in [0.15, 0.2) is 17.3 Å². The monoisotopic (exact) mass is 419 g/mol. The first kappa shape index (κ1) is 21.7. The summed E-state index contributed by atoms with van der Waals surface area (Å²) in [6.45, 7) is 0.150. The minimum Gasteiger partial charge on any atom is -0.493 e. The van der Waals surface area contributed by atoms with E-state index in [1.165, 1.54) is 11.1 Å². The molecule has 3 aromatic rings. The lowest BCUT2D eigenvalue weighted by Gasteiger charge is -2.17. The summed E-state index contributed by atoms with van der Waals surface area (Å²) in [6.07, 6.45) is 1.69. The smallest absolute Gasteiger partial charge is 0.164 e. The number of aliphatic imine (C=N–C) groups is 1. The highest BCUT2D eigenvalue weighted by atomic mass is 32.2. The maximum atomic E-state index is 12.4. The van der Waals surface area contributed by atoms with Gasteiger partial charge in [-0.2, -0.15) is 0 Å². The Morgan fingerprint density at radius 3 is 2.07 bits per heavy atom. The summed E-state index contributed by atoms with van der Waals surface area (Å²) in [4.78, 5) is 16.8. The Labute approximate surface area is 182 Å². The topological polar surface area (TPSA) is 47.9 Å². The van der Waals surface area contributed by atoms with Gasteiger partial charge in [0, 0.05) is 6.21 Å². The van der Waals surface area contributed by atoms with Crippen molar-refractivity contribution < 1.29 is 14.3 Å². The largest absolute Gasteiger partial charge is 0.493 e. The number of benzene rings is 3. The normalized spacial score (nSPS) is 11.0. The number of hydrogen-bond donors (Lipinski definition) is 0. The molecule has 4 nitrogen and oxygen atoms in total. The minimum atomic E-state index is 0.0913. The second-order valence-electron chi connectivity index (χ2n) is 6.64. The molecule has 0 heterocycles. The summed E-state index contributed by atoms with van der Waals surface area (Å²) in [7, 11) is 3.19. The van der Waals surface area contributed by atoms with Crippen molar-refractivity contribution in [2.75, 3.05) is 26.5 Å². The molecule has 0 amide bonds. The molecule has 0 N–H and O–H groups in total. The van der Waals surface area contributed by atoms with Crippen LogP contribution in [0.25, 0.3) is 0 Å². The van der Waals surface area contributed by atoms with Crippen molar-refractivity contribution in [1.29, 1.82) is 0 Å². The van der Waals surface area contributed by atoms with Crippen molar-refractivity contribution in [1.82, 2.24) is 0 Å². The van der Waals surface area contributed by atoms with Crippen molar-refractivity contribution in [2.24, 2.45) is 4.99 Å². The molecule has 0 saturated carbocycles. The second kappa shape index (κ2) is 11.2. The molecule has 0 aromatic heterocycles. The molecule has 154 valence electrons. The van der Waals surface area contributed by atoms with E-state index in [0.717, 1.165) is 5.56 Å². The van der Waals surface area contributed by atoms with Crippen molar-refractivity contribution >= 4 is 23.8 Å². The molecule has 3 rings (SSSR count). The Kier molecular flexibility index (Phi) is 8.10. The zero-order chi connectivity index (χ0) is 21.2. The first-order valence-electron chi connectivity index (χ1n) is 9.66. The molecule has 0 saturated heterocycles. The van der Waals surface area contributed by atoms with E-state index in [1.54, 1.807) is 32.2 Å². The van der Waals surface area contributed by atoms with E-state index in [0.29, 0.717) is 17.3 Å². The standard InChI is InChI=1S/C25H25NO3S/c1-28-23-14-13-19(15-24(23)29-2)16-26-17-22(27)18-30-25(20-9-5-3-6-10-20)21-11-7-4-8-12-21/h3-16,25H,17-18H2,1-2H3. The Bertz CT molecular complexity index is 935. The lowest BCUT2D eigenvalue weighted by atomic mass is 10.0. The number of nitrogens with zero attached hydrogens (tertiary/aromatic N) is 1. The van der Waals surface area contributed by atoms with Crippen LogP contribution in [0, 0.1) is 0 Å². The van der Waals surface area contributed by atoms with E-state index in [-0.39, 0.29) is 17.6 Å². The maximum Gasteiger partial charge on any atom is 0.164 e. The number of rotatable bonds is 10. The lowest BCUT2D eigenvalue weighted by molar-refractivity contribution is -0.115. The maximum absolute atomic E-state index is 12.4. The predicted octanol–water partition coefficient (Wildman–Crippen LogP) is 5.21. The first-order valence-corrected chi connectivity index (χ1v) is 10.7. The highest BCUT2D eigenvalue weighted by Gasteiger charge is 2.16. The molecule has 0 aliphatic heterocycles. The van der Waals surface area contributed by atoms with Gasteiger partial charge in [0.25, 0.3) is 0 Å². The van der Waals surface area contributed by atoms with Crippen LogP contribution in [0.3, 0.4) is 0 Å². The van der Waals surface area contributed by atoms with Gasteiger partial charge in [0.1, 0.15) is 0 Å². The third-order valence-corrected chi connectivity index (χ3v) is 5.90. The summed E-state index contributed by atoms with van der Waals surface area (Å²) >= 11 is 1.63. The number of thioether (sulfide) groups is 1. The summed E-state index contributed by atoms with van der Waals surface area (Å²) in [5.74, 6) is 1.79. The number of hydrogen-bond acceptors (Lipinski definition) is 5. The van der Waals surface area contributed by atoms with Crippen LogP contribution in [-0.4, -0.2) is 38.5 Å². The Hall–Kier alpha value is -3.05. The summed E-state index contributed by atoms with van der Waals surface area (Å²) < 4.78 is 10.5. The molecule has 0 spiro atoms. The highest BCUT2D eigenvalue weighted by molar-refractivity contribution is 8.00. The summed E-state index contributed by atoms with van der Waals surface area (Å²) in [5.41, 5.74) is 3.24. The molecule has 5 heteroatoms. The highest BCUT2D eigenvalue weighted by Crippen LogP contribution is 2.35. The van der Waals surface area contributed by atoms with Crippen molar-refractivity contribution in [3.8, 4) is 11.5 Å². The van der Waals surface area contributed by atoms with Crippen LogP contribution < -0.4 is 9.47 Å². The van der Waals surface area contributed by atoms with E-state index in [1.807, 2.05) is 54.6 Å². The molecule has 0 aliphatic rings. The number of carbonyl (C=O) groups excluding carboxylic acids is 1. The van der Waals surface area contributed by atoms with Crippen LogP contribution in [-0.2, 0) is 4.79 Å². The van der Waals surface area contributed by atoms with E-state index in [4.69, 9.17) is 9.47 Å². The zero-order valence-corrected chi connectivity index (χ0v) is 18.0. The van der Waals surface area contributed by atoms with Crippen LogP contribution in [0.2, 0.25) is 0 Å². The summed E-state index contributed by atoms with van der Waals surface area (Å²) in [5, 5.41) is 0.117. The van der Waals surface area contributed by atoms with Crippen molar-refractivity contribution in [3.05, 3.63) is 95.6 Å². The van der Waals surface area contributed by atoms with E-state index < -0.39 is 0 Å². The van der Waals surface area contributed by atoms with Crippen LogP contribution in [0.15, 0.2) is 83.9 Å². The Morgan fingerprint density at radius 1 is 0.900 bits per heavy atom. The molecule has 30 heavy (non-hydrogen) atoms. The van der Waals surface area contributed by atoms with Crippen LogP contribution in [0.1, 0.15) is 21.9 Å². The number of ketones is 1. The van der Waals surface area contributed by atoms with Gasteiger partial charge in [-0.05, 0) is 34.9 Å². The molecular formula is C25H25NO3S. The number of ether oxygens (including phenoxy) is 2. The molecule has 0 atom stereocenters. The van der Waals surface area contributed by atoms with Gasteiger partial charge in [-0.15, -0.1) is 11.8 Å². The summed E-state index contributed by atoms with van der Waals surface area (Å²) in [6, 6.07) is 26.1. The molecule has 0 unspecified atom stereocenters. The first-order chi connectivity index (χ1) is 14.7. The van der Waals surface area contributed by atoms with E-state index >= 15 is 0 Å². The van der Waals surface area contributed by atoms with Gasteiger partial charge < -0.3 is 9.47 Å². The van der Waals surface area contributed by atoms with Crippen LogP contribution in [0.5, 0.6) is 11.5 Å². The van der Waals surface area contributed by atoms with Crippen LogP contribution >= 0.6 is 11.8 Å². The second-order valence-corrected chi connectivity index (χ2v) is 7.73. The molecule has 0 radical (unpaired) electrons. The van der Waals surface area contributed by atoms with Gasteiger partial charge >= 0.3 is 0 Å². The number of methoxy groups -OCH3 is 2. The third kappa shape index (κ3) is 5.97. The van der Waals surface area contributed by atoms with Gasteiger partial charge in [-0.3, -0.25) is 9.79 Å². The average molecular weight is 420 g/mol. The minimum absolute atomic E-state index is 0.0913. The molecule has 0 fully saturated rings. The van der Waals surface area contributed by atoms with Crippen LogP contribution in [0.4, 0.5) is 0 Å². The third-order valence-electron chi connectivity index (χ3n) is 4.53. The molecule has 0 bridgehead atoms. The zero-order valence-electron chi connectivity index (χ0n) is 17.2. The molecule has 0 aliphatic carbocycles. The van der Waals surface area contributed by atoms with Gasteiger partial charge in [0.05, 0.1) is 31.8 Å². The van der Waals surface area contributed by atoms with E-state index in [2.05, 4.69) is 29.3 Å².